The van der Waals surface area contributed by atoms with Crippen molar-refractivity contribution in [1.82, 2.24) is 60.0 Å². The van der Waals surface area contributed by atoms with Gasteiger partial charge in [0.05, 0.1) is 32.1 Å². The molecule has 0 bridgehead atoms. The number of morpholine rings is 1. The van der Waals surface area contributed by atoms with Crippen LogP contribution in [-0.2, 0) is 62.3 Å². The van der Waals surface area contributed by atoms with Crippen molar-refractivity contribution in [1.29, 1.82) is 0 Å². The third-order valence-electron chi connectivity index (χ3n) is 23.6. The first-order valence-corrected chi connectivity index (χ1v) is 36.9. The standard InChI is InChI=1S/C71H112F4N12O13/c1-12-43(4)57-66(96)80(7)44(5)62(92)87-33-29-52(87)64(94)83(10)58(46-20-13-14-21-46)67(97)79(6)41-55(88)76-50(28-26-45-25-27-48(49(72)39-45)71(73,74)75)63(93)86-32-19-24-51(86)61(91)78-70(30-17-18-31-70)69(99)84(11)59(47-22-15-16-23-47)68(98)82(9)54(65(95)85-34-36-100-37-35-85)40-56(89)81(8)53(38-42(2)3)60(90)77-57/h42-54,57-59H,12-41H2,1-11H3,(H,76,88)(H,77,90)(H,78,91)/t43-,44-,45?,48?,49?,50-,51-,52-,53-,54-,57-,58-,59-/m0/s1. The predicted molar refractivity (Wildman–Crippen MR) is 360 cm³/mol. The lowest BCUT2D eigenvalue weighted by atomic mass is 9.78. The molecule has 8 fully saturated rings. The highest BCUT2D eigenvalue weighted by molar-refractivity contribution is 6.01. The summed E-state index contributed by atoms with van der Waals surface area (Å²) in [6, 6.07) is -11.0. The van der Waals surface area contributed by atoms with Crippen molar-refractivity contribution in [2.24, 2.45) is 35.5 Å². The summed E-state index contributed by atoms with van der Waals surface area (Å²) in [5.41, 5.74) is -1.58. The van der Waals surface area contributed by atoms with E-state index in [-0.39, 0.29) is 103 Å². The van der Waals surface area contributed by atoms with Crippen LogP contribution in [-0.4, -0.2) is 275 Å². The van der Waals surface area contributed by atoms with E-state index in [0.29, 0.717) is 51.4 Å². The molecule has 0 radical (unpaired) electrons. The maximum Gasteiger partial charge on any atom is 0.394 e. The minimum absolute atomic E-state index is 0.000137. The van der Waals surface area contributed by atoms with Gasteiger partial charge in [-0.1, -0.05) is 72.6 Å². The van der Waals surface area contributed by atoms with Crippen LogP contribution in [0.1, 0.15) is 182 Å². The van der Waals surface area contributed by atoms with Gasteiger partial charge < -0.3 is 64.8 Å². The Balaban J connectivity index is 1.16. The number of fused-ring (bicyclic) bond motifs is 2. The maximum absolute atomic E-state index is 15.7. The van der Waals surface area contributed by atoms with E-state index in [0.717, 1.165) is 30.6 Å². The molecule has 8 rings (SSSR count). The Morgan fingerprint density at radius 1 is 0.610 bits per heavy atom. The van der Waals surface area contributed by atoms with Crippen molar-refractivity contribution < 1.29 is 79.8 Å². The van der Waals surface area contributed by atoms with Crippen molar-refractivity contribution in [2.45, 2.75) is 255 Å². The third kappa shape index (κ3) is 17.8. The zero-order valence-corrected chi connectivity index (χ0v) is 60.8. The van der Waals surface area contributed by atoms with Gasteiger partial charge in [-0.05, 0) is 133 Å². The second-order valence-corrected chi connectivity index (χ2v) is 30.6. The second kappa shape index (κ2) is 34.1. The first-order valence-electron chi connectivity index (χ1n) is 36.9. The Labute approximate surface area is 586 Å². The van der Waals surface area contributed by atoms with Gasteiger partial charge in [0.2, 0.25) is 70.9 Å². The van der Waals surface area contributed by atoms with Crippen molar-refractivity contribution in [3.8, 4) is 0 Å². The fourth-order valence-corrected chi connectivity index (χ4v) is 17.0. The summed E-state index contributed by atoms with van der Waals surface area (Å²) in [4.78, 5) is 192. The van der Waals surface area contributed by atoms with E-state index in [2.05, 4.69) is 16.0 Å². The van der Waals surface area contributed by atoms with Gasteiger partial charge in [-0.3, -0.25) is 57.5 Å². The fraction of sp³-hybridized carbons (Fsp3) is 0.831. The number of ether oxygens (including phenoxy) is 1. The number of nitrogens with one attached hydrogen (secondary N) is 3. The van der Waals surface area contributed by atoms with Gasteiger partial charge in [0, 0.05) is 68.5 Å². The number of amides is 12. The van der Waals surface area contributed by atoms with Gasteiger partial charge in [0.1, 0.15) is 66.1 Å². The number of hydrogen-bond acceptors (Lipinski definition) is 13. The summed E-state index contributed by atoms with van der Waals surface area (Å²) in [6.45, 7) is 9.09. The molecule has 100 heavy (non-hydrogen) atoms. The molecule has 4 heterocycles. The molecule has 0 aromatic rings. The molecule has 25 nitrogen and oxygen atoms in total. The van der Waals surface area contributed by atoms with Gasteiger partial charge in [0.25, 0.3) is 0 Å². The van der Waals surface area contributed by atoms with Crippen LogP contribution in [0, 0.1) is 35.5 Å². The molecular weight excluding hydrogens is 1300 g/mol. The first kappa shape index (κ1) is 79.0. The molecule has 4 aliphatic carbocycles. The zero-order valence-electron chi connectivity index (χ0n) is 60.8. The molecule has 29 heteroatoms. The van der Waals surface area contributed by atoms with Gasteiger partial charge in [-0.2, -0.15) is 13.2 Å². The van der Waals surface area contributed by atoms with Crippen molar-refractivity contribution >= 4 is 70.9 Å². The molecule has 4 saturated carbocycles. The largest absolute Gasteiger partial charge is 0.394 e. The van der Waals surface area contributed by atoms with E-state index in [1.165, 1.54) is 88.4 Å². The van der Waals surface area contributed by atoms with E-state index in [1.54, 1.807) is 6.92 Å². The van der Waals surface area contributed by atoms with Crippen LogP contribution in [0.15, 0.2) is 0 Å². The summed E-state index contributed by atoms with van der Waals surface area (Å²) in [6.07, 6.45) is -0.860. The highest BCUT2D eigenvalue weighted by Gasteiger charge is 2.53. The van der Waals surface area contributed by atoms with Gasteiger partial charge >= 0.3 is 6.18 Å². The van der Waals surface area contributed by atoms with Crippen molar-refractivity contribution in [3.63, 3.8) is 0 Å². The van der Waals surface area contributed by atoms with Crippen LogP contribution in [0.3, 0.4) is 0 Å². The second-order valence-electron chi connectivity index (χ2n) is 30.6. The molecule has 1 spiro atoms. The smallest absolute Gasteiger partial charge is 0.378 e. The number of carbonyl (C=O) groups is 12. The average molecular weight is 1420 g/mol. The molecule has 3 N–H and O–H groups in total. The number of hydrogen-bond donors (Lipinski definition) is 3. The van der Waals surface area contributed by atoms with Crippen LogP contribution >= 0.6 is 0 Å². The molecule has 562 valence electrons. The number of halogens is 4. The van der Waals surface area contributed by atoms with E-state index in [4.69, 9.17) is 4.74 Å². The lowest BCUT2D eigenvalue weighted by Gasteiger charge is -2.45. The number of likely N-dealkylation sites (N-methyl/N-ethyl adjacent to an activating group) is 6. The lowest BCUT2D eigenvalue weighted by Crippen LogP contribution is -2.65. The van der Waals surface area contributed by atoms with Crippen LogP contribution in [0.25, 0.3) is 0 Å². The Bertz CT molecular complexity index is 2970. The normalized spacial score (nSPS) is 31.8. The molecule has 3 unspecified atom stereocenters. The number of alkyl halides is 4. The van der Waals surface area contributed by atoms with Crippen molar-refractivity contribution in [2.75, 3.05) is 88.2 Å². The Hall–Kier alpha value is -6.68. The molecule has 0 aromatic heterocycles. The predicted octanol–water partition coefficient (Wildman–Crippen LogP) is 4.42. The first-order chi connectivity index (χ1) is 47.2. The quantitative estimate of drug-likeness (QED) is 0.256. The van der Waals surface area contributed by atoms with Crippen molar-refractivity contribution in [3.05, 3.63) is 0 Å². The lowest BCUT2D eigenvalue weighted by molar-refractivity contribution is -0.201. The summed E-state index contributed by atoms with van der Waals surface area (Å²) < 4.78 is 62.5. The van der Waals surface area contributed by atoms with Gasteiger partial charge in [0.15, 0.2) is 0 Å². The van der Waals surface area contributed by atoms with Crippen LogP contribution in [0.4, 0.5) is 17.6 Å². The summed E-state index contributed by atoms with van der Waals surface area (Å²) in [5.74, 6) is -11.8. The summed E-state index contributed by atoms with van der Waals surface area (Å²) >= 11 is 0. The SMILES string of the molecule is CC[C@H](C)[C@@H]1NC(=O)[C@H](CC(C)C)N(C)C(=O)C[C@@H](C(=O)N2CCOCC2)N(C)C(=O)[C@H](C2CCCC2)N(C)C(=O)C2(CCCC2)NC(=O)[C@@H]2CCCN2C(=O)[C@H](CCC2CCC(C(F)(F)F)C(F)C2)NC(=O)CN(C)C(=O)[C@H](C2CCCC2)N(C)C(=O)[C@@H]2CCN2C(=O)[C@H](C)N(C)C1=O. The number of nitrogens with zero attached hydrogens (tertiary/aromatic N) is 9. The molecular formula is C71H112F4N12O13. The van der Waals surface area contributed by atoms with E-state index >= 15 is 33.2 Å². The van der Waals surface area contributed by atoms with E-state index < -0.39 is 193 Å². The highest BCUT2D eigenvalue weighted by atomic mass is 19.4. The minimum Gasteiger partial charge on any atom is -0.378 e. The Morgan fingerprint density at radius 3 is 1.77 bits per heavy atom. The molecule has 12 amide bonds. The molecule has 13 atom stereocenters. The zero-order chi connectivity index (χ0) is 73.4. The van der Waals surface area contributed by atoms with Gasteiger partial charge in [-0.15, -0.1) is 0 Å². The summed E-state index contributed by atoms with van der Waals surface area (Å²) in [7, 11) is 8.64. The molecule has 8 aliphatic rings. The van der Waals surface area contributed by atoms with E-state index in [1.807, 2.05) is 20.8 Å². The monoisotopic (exact) mass is 1420 g/mol. The Morgan fingerprint density at radius 2 is 1.21 bits per heavy atom. The summed E-state index contributed by atoms with van der Waals surface area (Å²) in [5, 5.41) is 8.77. The van der Waals surface area contributed by atoms with Gasteiger partial charge in [-0.25, -0.2) is 4.39 Å². The number of rotatable bonds is 10. The van der Waals surface area contributed by atoms with E-state index in [9.17, 15) is 41.9 Å². The molecule has 4 aliphatic heterocycles. The molecule has 4 saturated heterocycles. The fourth-order valence-electron chi connectivity index (χ4n) is 17.0. The van der Waals surface area contributed by atoms with Crippen LogP contribution < -0.4 is 16.0 Å². The topological polar surface area (TPSA) is 279 Å². The minimum atomic E-state index is -4.75. The Kier molecular flexibility index (Phi) is 26.9. The van der Waals surface area contributed by atoms with Crippen LogP contribution in [0.5, 0.6) is 0 Å². The third-order valence-corrected chi connectivity index (χ3v) is 23.6. The average Bonchev–Trinajstić information content (AvgIpc) is 1.35. The van der Waals surface area contributed by atoms with Crippen LogP contribution in [0.2, 0.25) is 0 Å². The maximum atomic E-state index is 15.7. The highest BCUT2D eigenvalue weighted by Crippen LogP contribution is 2.43. The molecule has 0 aromatic carbocycles. The number of carbonyl (C=O) groups excluding carboxylic acids is 12.